The summed E-state index contributed by atoms with van der Waals surface area (Å²) in [5.41, 5.74) is -0.0626. The van der Waals surface area contributed by atoms with Crippen LogP contribution in [0.1, 0.15) is 18.1 Å². The number of hydrogen-bond donors (Lipinski definition) is 1. The SMILES string of the molecule is CCc1ccc(NC(=O)/C=C/c2cn(C)c(=O)n(C)c2=O)cc1[N+](=O)[O-]. The van der Waals surface area contributed by atoms with Crippen molar-refractivity contribution in [3.05, 3.63) is 72.6 Å². The summed E-state index contributed by atoms with van der Waals surface area (Å²) in [6.45, 7) is 1.80. The number of carbonyl (C=O) groups is 1. The molecule has 0 saturated heterocycles. The predicted octanol–water partition coefficient (Wildman–Crippen LogP) is 1.21. The van der Waals surface area contributed by atoms with Crippen LogP contribution in [0.5, 0.6) is 0 Å². The van der Waals surface area contributed by atoms with Gasteiger partial charge in [-0.05, 0) is 18.6 Å². The topological polar surface area (TPSA) is 116 Å². The van der Waals surface area contributed by atoms with Gasteiger partial charge in [-0.1, -0.05) is 13.0 Å². The van der Waals surface area contributed by atoms with E-state index in [2.05, 4.69) is 5.32 Å². The molecule has 0 aliphatic heterocycles. The van der Waals surface area contributed by atoms with Crippen LogP contribution in [0.4, 0.5) is 11.4 Å². The molecule has 0 aliphatic rings. The van der Waals surface area contributed by atoms with Crippen LogP contribution in [-0.4, -0.2) is 20.0 Å². The van der Waals surface area contributed by atoms with Crippen LogP contribution in [0.2, 0.25) is 0 Å². The molecule has 1 heterocycles. The van der Waals surface area contributed by atoms with E-state index in [1.54, 1.807) is 19.1 Å². The largest absolute Gasteiger partial charge is 0.330 e. The van der Waals surface area contributed by atoms with Crippen LogP contribution >= 0.6 is 0 Å². The Kier molecular flexibility index (Phi) is 5.51. The highest BCUT2D eigenvalue weighted by Gasteiger charge is 2.13. The highest BCUT2D eigenvalue weighted by atomic mass is 16.6. The minimum Gasteiger partial charge on any atom is -0.322 e. The van der Waals surface area contributed by atoms with Gasteiger partial charge in [0.15, 0.2) is 0 Å². The molecular formula is C17H18N4O5. The van der Waals surface area contributed by atoms with E-state index < -0.39 is 22.1 Å². The average Bonchev–Trinajstić information content (AvgIpc) is 2.61. The van der Waals surface area contributed by atoms with Crippen molar-refractivity contribution in [2.45, 2.75) is 13.3 Å². The summed E-state index contributed by atoms with van der Waals surface area (Å²) >= 11 is 0. The van der Waals surface area contributed by atoms with E-state index in [0.29, 0.717) is 12.0 Å². The highest BCUT2D eigenvalue weighted by Crippen LogP contribution is 2.23. The third kappa shape index (κ3) is 3.94. The Hall–Kier alpha value is -3.49. The molecule has 1 aromatic carbocycles. The predicted molar refractivity (Wildman–Crippen MR) is 97.1 cm³/mol. The first-order valence-corrected chi connectivity index (χ1v) is 7.77. The van der Waals surface area contributed by atoms with E-state index in [0.717, 1.165) is 10.6 Å². The van der Waals surface area contributed by atoms with Gasteiger partial charge in [0.1, 0.15) is 0 Å². The third-order valence-electron chi connectivity index (χ3n) is 3.82. The Labute approximate surface area is 148 Å². The summed E-state index contributed by atoms with van der Waals surface area (Å²) in [6, 6.07) is 4.44. The minimum absolute atomic E-state index is 0.0683. The third-order valence-corrected chi connectivity index (χ3v) is 3.82. The fourth-order valence-corrected chi connectivity index (χ4v) is 2.41. The van der Waals surface area contributed by atoms with Crippen molar-refractivity contribution in [2.24, 2.45) is 14.1 Å². The van der Waals surface area contributed by atoms with Gasteiger partial charge in [-0.15, -0.1) is 0 Å². The van der Waals surface area contributed by atoms with Crippen molar-refractivity contribution in [2.75, 3.05) is 5.32 Å². The number of hydrogen-bond acceptors (Lipinski definition) is 5. The molecule has 2 aromatic rings. The van der Waals surface area contributed by atoms with Gasteiger partial charge < -0.3 is 9.88 Å². The maximum atomic E-state index is 12.0. The first-order valence-electron chi connectivity index (χ1n) is 7.77. The Morgan fingerprint density at radius 2 is 2.00 bits per heavy atom. The van der Waals surface area contributed by atoms with E-state index >= 15 is 0 Å². The van der Waals surface area contributed by atoms with Crippen LogP contribution in [0.25, 0.3) is 6.08 Å². The Bertz CT molecular complexity index is 1020. The zero-order valence-corrected chi connectivity index (χ0v) is 14.6. The number of nitrogens with zero attached hydrogens (tertiary/aromatic N) is 3. The smallest absolute Gasteiger partial charge is 0.322 e. The number of nitro benzene ring substituents is 1. The molecule has 9 heteroatoms. The number of nitro groups is 1. The number of aromatic nitrogens is 2. The molecule has 0 saturated carbocycles. The summed E-state index contributed by atoms with van der Waals surface area (Å²) in [5, 5.41) is 13.6. The van der Waals surface area contributed by atoms with E-state index in [1.807, 2.05) is 0 Å². The van der Waals surface area contributed by atoms with Gasteiger partial charge in [0, 0.05) is 43.7 Å². The lowest BCUT2D eigenvalue weighted by molar-refractivity contribution is -0.385. The second kappa shape index (κ2) is 7.60. The van der Waals surface area contributed by atoms with Gasteiger partial charge in [0.2, 0.25) is 5.91 Å². The van der Waals surface area contributed by atoms with Gasteiger partial charge in [0.05, 0.1) is 10.5 Å². The number of amides is 1. The standard InChI is InChI=1S/C17H18N4O5/c1-4-11-5-7-13(9-14(11)21(25)26)18-15(22)8-6-12-10-19(2)17(24)20(3)16(12)23/h5-10H,4H2,1-3H3,(H,18,22)/b8-6+. The van der Waals surface area contributed by atoms with Gasteiger partial charge in [0.25, 0.3) is 11.2 Å². The fraction of sp³-hybridized carbons (Fsp3) is 0.235. The molecule has 136 valence electrons. The second-order valence-corrected chi connectivity index (χ2v) is 5.62. The summed E-state index contributed by atoms with van der Waals surface area (Å²) in [6.07, 6.45) is 4.24. The number of anilines is 1. The maximum Gasteiger partial charge on any atom is 0.330 e. The fourth-order valence-electron chi connectivity index (χ4n) is 2.41. The van der Waals surface area contributed by atoms with Gasteiger partial charge in [-0.3, -0.25) is 24.3 Å². The van der Waals surface area contributed by atoms with Crippen LogP contribution in [-0.2, 0) is 25.3 Å². The monoisotopic (exact) mass is 358 g/mol. The molecule has 0 aliphatic carbocycles. The number of nitrogens with one attached hydrogen (secondary N) is 1. The van der Waals surface area contributed by atoms with Crippen molar-refractivity contribution in [3.8, 4) is 0 Å². The molecule has 0 spiro atoms. The van der Waals surface area contributed by atoms with E-state index in [9.17, 15) is 24.5 Å². The summed E-state index contributed by atoms with van der Waals surface area (Å²) < 4.78 is 2.16. The first-order chi connectivity index (χ1) is 12.2. The van der Waals surface area contributed by atoms with Crippen LogP contribution < -0.4 is 16.6 Å². The number of carbonyl (C=O) groups excluding carboxylic acids is 1. The van der Waals surface area contributed by atoms with E-state index in [1.165, 1.54) is 37.0 Å². The Balaban J connectivity index is 2.23. The molecule has 2 rings (SSSR count). The lowest BCUT2D eigenvalue weighted by Crippen LogP contribution is -2.37. The lowest BCUT2D eigenvalue weighted by atomic mass is 10.1. The maximum absolute atomic E-state index is 12.0. The van der Waals surface area contributed by atoms with Crippen LogP contribution in [0.15, 0.2) is 40.1 Å². The lowest BCUT2D eigenvalue weighted by Gasteiger charge is -2.05. The molecule has 26 heavy (non-hydrogen) atoms. The van der Waals surface area contributed by atoms with E-state index in [4.69, 9.17) is 0 Å². The van der Waals surface area contributed by atoms with Crippen LogP contribution in [0, 0.1) is 10.1 Å². The summed E-state index contributed by atoms with van der Waals surface area (Å²) in [7, 11) is 2.84. The molecule has 1 amide bonds. The molecule has 0 bridgehead atoms. The molecule has 0 atom stereocenters. The normalized spacial score (nSPS) is 10.9. The molecule has 0 unspecified atom stereocenters. The zero-order chi connectivity index (χ0) is 19.4. The van der Waals surface area contributed by atoms with Crippen molar-refractivity contribution in [1.82, 2.24) is 9.13 Å². The summed E-state index contributed by atoms with van der Waals surface area (Å²) in [4.78, 5) is 46.2. The Morgan fingerprint density at radius 3 is 2.62 bits per heavy atom. The molecular weight excluding hydrogens is 340 g/mol. The zero-order valence-electron chi connectivity index (χ0n) is 14.6. The summed E-state index contributed by atoms with van der Waals surface area (Å²) in [5.74, 6) is -0.556. The highest BCUT2D eigenvalue weighted by molar-refractivity contribution is 6.02. The quantitative estimate of drug-likeness (QED) is 0.490. The molecule has 1 N–H and O–H groups in total. The van der Waals surface area contributed by atoms with Gasteiger partial charge >= 0.3 is 5.69 Å². The van der Waals surface area contributed by atoms with Crippen molar-refractivity contribution in [1.29, 1.82) is 0 Å². The van der Waals surface area contributed by atoms with Crippen molar-refractivity contribution < 1.29 is 9.72 Å². The van der Waals surface area contributed by atoms with Gasteiger partial charge in [-0.2, -0.15) is 0 Å². The number of benzene rings is 1. The first kappa shape index (κ1) is 18.8. The van der Waals surface area contributed by atoms with Crippen molar-refractivity contribution in [3.63, 3.8) is 0 Å². The minimum atomic E-state index is -0.556. The van der Waals surface area contributed by atoms with Gasteiger partial charge in [-0.25, -0.2) is 4.79 Å². The molecule has 9 nitrogen and oxygen atoms in total. The van der Waals surface area contributed by atoms with Crippen molar-refractivity contribution >= 4 is 23.4 Å². The average molecular weight is 358 g/mol. The second-order valence-electron chi connectivity index (χ2n) is 5.62. The molecule has 0 fully saturated rings. The number of aryl methyl sites for hydroxylation is 2. The van der Waals surface area contributed by atoms with E-state index in [-0.39, 0.29) is 16.9 Å². The Morgan fingerprint density at radius 1 is 1.31 bits per heavy atom. The van der Waals surface area contributed by atoms with Crippen LogP contribution in [0.3, 0.4) is 0 Å². The molecule has 0 radical (unpaired) electrons. The number of rotatable bonds is 5. The molecule has 1 aromatic heterocycles.